The van der Waals surface area contributed by atoms with Crippen LogP contribution in [0.5, 0.6) is 0 Å². The number of benzene rings is 2. The first-order valence-electron chi connectivity index (χ1n) is 4.95. The minimum atomic E-state index is 1.24. The van der Waals surface area contributed by atoms with E-state index in [0.29, 0.717) is 0 Å². The van der Waals surface area contributed by atoms with Crippen LogP contribution >= 0.6 is 0 Å². The van der Waals surface area contributed by atoms with Crippen LogP contribution in [0.3, 0.4) is 0 Å². The summed E-state index contributed by atoms with van der Waals surface area (Å²) < 4.78 is 0. The van der Waals surface area contributed by atoms with Crippen LogP contribution in [0.25, 0.3) is 0 Å². The molecule has 1 aliphatic carbocycles. The summed E-state index contributed by atoms with van der Waals surface area (Å²) >= 11 is 0. The van der Waals surface area contributed by atoms with Crippen LogP contribution in [-0.4, -0.2) is 0 Å². The molecule has 0 saturated carbocycles. The molecule has 0 heteroatoms. The Morgan fingerprint density at radius 3 is 1.57 bits per heavy atom. The highest BCUT2D eigenvalue weighted by Gasteiger charge is 2.12. The summed E-state index contributed by atoms with van der Waals surface area (Å²) in [6.07, 6.45) is 1.24. The summed E-state index contributed by atoms with van der Waals surface area (Å²) in [6, 6.07) is 18.8. The maximum Gasteiger partial charge on any atom is -0.00201 e. The molecule has 0 bridgehead atoms. The molecule has 2 aromatic carbocycles. The highest BCUT2D eigenvalue weighted by atomic mass is 14.2. The van der Waals surface area contributed by atoms with Crippen molar-refractivity contribution in [2.75, 3.05) is 0 Å². The van der Waals surface area contributed by atoms with Crippen molar-refractivity contribution in [3.05, 3.63) is 71.3 Å². The summed E-state index contributed by atoms with van der Waals surface area (Å²) in [7, 11) is 0. The van der Waals surface area contributed by atoms with Gasteiger partial charge in [-0.2, -0.15) is 0 Å². The van der Waals surface area contributed by atoms with Crippen molar-refractivity contribution in [2.24, 2.45) is 0 Å². The summed E-state index contributed by atoms with van der Waals surface area (Å²) in [5, 5.41) is 0. The fourth-order valence-electron chi connectivity index (χ4n) is 1.37. The molecule has 0 radical (unpaired) electrons. The van der Waals surface area contributed by atoms with E-state index in [1.807, 2.05) is 18.2 Å². The highest BCUT2D eigenvalue weighted by molar-refractivity contribution is 5.44. The van der Waals surface area contributed by atoms with Gasteiger partial charge in [0.15, 0.2) is 0 Å². The molecule has 0 nitrogen and oxygen atoms in total. The molecule has 0 saturated heterocycles. The lowest BCUT2D eigenvalue weighted by Crippen LogP contribution is -1.62. The Bertz CT molecular complexity index is 368. The van der Waals surface area contributed by atoms with Crippen molar-refractivity contribution >= 4 is 0 Å². The van der Waals surface area contributed by atoms with E-state index in [-0.39, 0.29) is 0 Å². The van der Waals surface area contributed by atoms with Gasteiger partial charge in [0, 0.05) is 0 Å². The molecule has 0 aromatic heterocycles. The first-order valence-corrected chi connectivity index (χ1v) is 4.95. The number of hydrogen-bond acceptors (Lipinski definition) is 0. The zero-order valence-electron chi connectivity index (χ0n) is 8.40. The standard InChI is InChI=1S/C7H6.C7H8/c1-2-4-7-5-6(7)3-1;1-7-5-3-2-4-6-7/h1-4H,5H2;2-6H,1H3. The first kappa shape index (κ1) is 9.01. The Balaban J connectivity index is 0.000000107. The predicted molar refractivity (Wildman–Crippen MR) is 60.4 cm³/mol. The van der Waals surface area contributed by atoms with E-state index in [0.717, 1.165) is 0 Å². The minimum Gasteiger partial charge on any atom is -0.0622 e. The van der Waals surface area contributed by atoms with Crippen LogP contribution in [0.1, 0.15) is 16.7 Å². The normalized spacial score (nSPS) is 10.9. The second kappa shape index (κ2) is 4.10. The fourth-order valence-corrected chi connectivity index (χ4v) is 1.37. The van der Waals surface area contributed by atoms with E-state index in [1.165, 1.54) is 23.1 Å². The third-order valence-corrected chi connectivity index (χ3v) is 2.31. The summed E-state index contributed by atoms with van der Waals surface area (Å²) in [5.41, 5.74) is 4.38. The molecule has 14 heavy (non-hydrogen) atoms. The molecule has 1 aliphatic rings. The zero-order valence-corrected chi connectivity index (χ0v) is 8.40. The Labute approximate surface area is 85.2 Å². The second-order valence-corrected chi connectivity index (χ2v) is 3.60. The van der Waals surface area contributed by atoms with E-state index in [2.05, 4.69) is 43.3 Å². The zero-order chi connectivity index (χ0) is 9.80. The van der Waals surface area contributed by atoms with Crippen LogP contribution < -0.4 is 0 Å². The Morgan fingerprint density at radius 2 is 1.21 bits per heavy atom. The average molecular weight is 182 g/mol. The van der Waals surface area contributed by atoms with Crippen molar-refractivity contribution < 1.29 is 0 Å². The number of rotatable bonds is 0. The molecule has 0 spiro atoms. The average Bonchev–Trinajstić information content (AvgIpc) is 2.98. The van der Waals surface area contributed by atoms with Crippen molar-refractivity contribution in [1.82, 2.24) is 0 Å². The number of hydrogen-bond donors (Lipinski definition) is 0. The lowest BCUT2D eigenvalue weighted by molar-refractivity contribution is 1.48. The molecular formula is C14H14. The van der Waals surface area contributed by atoms with Gasteiger partial charge in [-0.1, -0.05) is 60.2 Å². The quantitative estimate of drug-likeness (QED) is 0.498. The largest absolute Gasteiger partial charge is 0.0622 e. The molecular weight excluding hydrogens is 168 g/mol. The fraction of sp³-hybridized carbons (Fsp3) is 0.143. The van der Waals surface area contributed by atoms with Gasteiger partial charge in [0.05, 0.1) is 0 Å². The van der Waals surface area contributed by atoms with Gasteiger partial charge < -0.3 is 0 Å². The van der Waals surface area contributed by atoms with E-state index < -0.39 is 0 Å². The predicted octanol–water partition coefficient (Wildman–Crippen LogP) is 3.59. The molecule has 0 N–H and O–H groups in total. The number of aryl methyl sites for hydroxylation is 1. The van der Waals surface area contributed by atoms with E-state index in [9.17, 15) is 0 Å². The minimum absolute atomic E-state index is 1.24. The molecule has 2 aromatic rings. The lowest BCUT2D eigenvalue weighted by Gasteiger charge is -1.82. The summed E-state index contributed by atoms with van der Waals surface area (Å²) in [5.74, 6) is 0. The molecule has 0 atom stereocenters. The molecule has 0 fully saturated rings. The maximum atomic E-state index is 2.18. The topological polar surface area (TPSA) is 0 Å². The third-order valence-electron chi connectivity index (χ3n) is 2.31. The summed E-state index contributed by atoms with van der Waals surface area (Å²) in [6.45, 7) is 2.08. The van der Waals surface area contributed by atoms with Crippen LogP contribution in [-0.2, 0) is 6.42 Å². The van der Waals surface area contributed by atoms with E-state index in [4.69, 9.17) is 0 Å². The molecule has 0 amide bonds. The molecule has 0 unspecified atom stereocenters. The van der Waals surface area contributed by atoms with Crippen LogP contribution in [0, 0.1) is 6.92 Å². The molecule has 3 rings (SSSR count). The molecule has 70 valence electrons. The van der Waals surface area contributed by atoms with Gasteiger partial charge in [-0.05, 0) is 24.5 Å². The Morgan fingerprint density at radius 1 is 0.714 bits per heavy atom. The van der Waals surface area contributed by atoms with Crippen molar-refractivity contribution in [1.29, 1.82) is 0 Å². The molecule has 0 aliphatic heterocycles. The summed E-state index contributed by atoms with van der Waals surface area (Å²) in [4.78, 5) is 0. The third kappa shape index (κ3) is 2.46. The van der Waals surface area contributed by atoms with Gasteiger partial charge in [-0.3, -0.25) is 0 Å². The SMILES string of the molecule is Cc1ccccc1.c1ccc2c(c1)C2. The Kier molecular flexibility index (Phi) is 2.64. The van der Waals surface area contributed by atoms with Crippen molar-refractivity contribution in [3.8, 4) is 0 Å². The Hall–Kier alpha value is -1.56. The molecule has 0 heterocycles. The highest BCUT2D eigenvalue weighted by Crippen LogP contribution is 2.25. The monoisotopic (exact) mass is 182 g/mol. The smallest absolute Gasteiger partial charge is 0.00201 e. The van der Waals surface area contributed by atoms with E-state index in [1.54, 1.807) is 0 Å². The van der Waals surface area contributed by atoms with Gasteiger partial charge in [-0.15, -0.1) is 0 Å². The van der Waals surface area contributed by atoms with Gasteiger partial charge in [0.1, 0.15) is 0 Å². The van der Waals surface area contributed by atoms with E-state index >= 15 is 0 Å². The number of fused-ring (bicyclic) bond motifs is 1. The van der Waals surface area contributed by atoms with Crippen LogP contribution in [0.15, 0.2) is 54.6 Å². The van der Waals surface area contributed by atoms with Crippen molar-refractivity contribution in [2.45, 2.75) is 13.3 Å². The van der Waals surface area contributed by atoms with Crippen LogP contribution in [0.2, 0.25) is 0 Å². The maximum absolute atomic E-state index is 2.18. The lowest BCUT2D eigenvalue weighted by atomic mass is 10.2. The van der Waals surface area contributed by atoms with Gasteiger partial charge >= 0.3 is 0 Å². The van der Waals surface area contributed by atoms with Gasteiger partial charge in [-0.25, -0.2) is 0 Å². The van der Waals surface area contributed by atoms with Crippen molar-refractivity contribution in [3.63, 3.8) is 0 Å². The van der Waals surface area contributed by atoms with Gasteiger partial charge in [0.25, 0.3) is 0 Å². The second-order valence-electron chi connectivity index (χ2n) is 3.60. The first-order chi connectivity index (χ1) is 6.86. The van der Waals surface area contributed by atoms with Gasteiger partial charge in [0.2, 0.25) is 0 Å². The van der Waals surface area contributed by atoms with Crippen LogP contribution in [0.4, 0.5) is 0 Å².